The van der Waals surface area contributed by atoms with Crippen LogP contribution in [0.5, 0.6) is 0 Å². The Labute approximate surface area is 163 Å². The summed E-state index contributed by atoms with van der Waals surface area (Å²) in [6, 6.07) is 0.430. The number of hydrogen-bond donors (Lipinski definition) is 3. The lowest BCUT2D eigenvalue weighted by Crippen LogP contribution is -2.52. The van der Waals surface area contributed by atoms with Crippen molar-refractivity contribution in [2.75, 3.05) is 6.54 Å². The van der Waals surface area contributed by atoms with Gasteiger partial charge in [-0.15, -0.1) is 0 Å². The molecular formula is C18H26BF2N3O4. The van der Waals surface area contributed by atoms with E-state index in [4.69, 9.17) is 0 Å². The molecule has 7 nitrogen and oxygen atoms in total. The Balaban J connectivity index is 2.13. The Kier molecular flexibility index (Phi) is 6.77. The molecule has 28 heavy (non-hydrogen) atoms. The summed E-state index contributed by atoms with van der Waals surface area (Å²) in [6.45, 7) is 6.30. The van der Waals surface area contributed by atoms with Gasteiger partial charge in [0.2, 0.25) is 5.91 Å². The van der Waals surface area contributed by atoms with Crippen LogP contribution in [-0.4, -0.2) is 63.3 Å². The summed E-state index contributed by atoms with van der Waals surface area (Å²) in [5, 5.41) is 21.2. The van der Waals surface area contributed by atoms with Gasteiger partial charge in [0.1, 0.15) is 6.04 Å². The molecule has 1 saturated heterocycles. The van der Waals surface area contributed by atoms with E-state index in [-0.39, 0.29) is 0 Å². The van der Waals surface area contributed by atoms with Gasteiger partial charge in [-0.1, -0.05) is 13.8 Å². The number of nitrogens with zero attached hydrogens (tertiary/aromatic N) is 2. The summed E-state index contributed by atoms with van der Waals surface area (Å²) in [7, 11) is -2.08. The molecule has 0 aliphatic carbocycles. The lowest BCUT2D eigenvalue weighted by molar-refractivity contribution is -0.134. The summed E-state index contributed by atoms with van der Waals surface area (Å²) >= 11 is 0. The van der Waals surface area contributed by atoms with Crippen molar-refractivity contribution in [1.29, 1.82) is 0 Å². The molecule has 2 atom stereocenters. The average Bonchev–Trinajstić information content (AvgIpc) is 2.91. The molecule has 10 heteroatoms. The second-order valence-electron chi connectivity index (χ2n) is 7.73. The van der Waals surface area contributed by atoms with Gasteiger partial charge in [0.25, 0.3) is 11.8 Å². The number of halogens is 2. The van der Waals surface area contributed by atoms with Gasteiger partial charge in [-0.2, -0.15) is 0 Å². The number of alkyl halides is 2. The van der Waals surface area contributed by atoms with Crippen LogP contribution in [0.1, 0.15) is 48.8 Å². The number of carbonyl (C=O) groups is 2. The summed E-state index contributed by atoms with van der Waals surface area (Å²) in [4.78, 5) is 30.2. The predicted molar refractivity (Wildman–Crippen MR) is 99.7 cm³/mol. The largest absolute Gasteiger partial charge is 0.475 e. The normalized spacial score (nSPS) is 19.6. The third-order valence-corrected chi connectivity index (χ3v) is 4.81. The van der Waals surface area contributed by atoms with Crippen molar-refractivity contribution in [1.82, 2.24) is 15.2 Å². The standard InChI is InChI=1S/C18H26BF2N3O4/c1-10(2)7-14-11(3)13(5-6-22-14)16(25)23-12(4)17(26)24-9-18(20,21)8-15(24)19(27)28/h5-6,10,12,15,27-28H,7-9H2,1-4H3,(H,23,25)/t12-,15-/m0/s1. The number of likely N-dealkylation sites (tertiary alicyclic amines) is 1. The van der Waals surface area contributed by atoms with Crippen molar-refractivity contribution in [2.45, 2.75) is 58.4 Å². The molecule has 0 spiro atoms. The van der Waals surface area contributed by atoms with Gasteiger partial charge < -0.3 is 20.3 Å². The van der Waals surface area contributed by atoms with Crippen molar-refractivity contribution >= 4 is 18.9 Å². The minimum absolute atomic E-state index is 0.351. The zero-order chi connectivity index (χ0) is 21.2. The smallest absolute Gasteiger partial charge is 0.426 e. The molecule has 1 aromatic rings. The van der Waals surface area contributed by atoms with Gasteiger partial charge in [0.15, 0.2) is 0 Å². The van der Waals surface area contributed by atoms with Crippen LogP contribution >= 0.6 is 0 Å². The van der Waals surface area contributed by atoms with Crippen molar-refractivity contribution in [2.24, 2.45) is 5.92 Å². The van der Waals surface area contributed by atoms with Crippen molar-refractivity contribution in [3.05, 3.63) is 29.1 Å². The van der Waals surface area contributed by atoms with E-state index in [1.807, 2.05) is 13.8 Å². The highest BCUT2D eigenvalue weighted by molar-refractivity contribution is 6.43. The molecule has 1 fully saturated rings. The summed E-state index contributed by atoms with van der Waals surface area (Å²) in [5.41, 5.74) is 1.84. The molecule has 0 aromatic carbocycles. The molecule has 0 radical (unpaired) electrons. The molecule has 1 aliphatic rings. The van der Waals surface area contributed by atoms with Crippen LogP contribution in [0.15, 0.2) is 12.3 Å². The van der Waals surface area contributed by atoms with Crippen LogP contribution in [0.3, 0.4) is 0 Å². The van der Waals surface area contributed by atoms with Gasteiger partial charge in [-0.3, -0.25) is 14.6 Å². The summed E-state index contributed by atoms with van der Waals surface area (Å²) in [5.74, 6) is -5.58. The number of pyridine rings is 1. The van der Waals surface area contributed by atoms with E-state index < -0.39 is 49.8 Å². The van der Waals surface area contributed by atoms with Crippen LogP contribution in [0, 0.1) is 12.8 Å². The van der Waals surface area contributed by atoms with E-state index in [9.17, 15) is 28.4 Å². The molecule has 2 rings (SSSR count). The second-order valence-corrected chi connectivity index (χ2v) is 7.73. The Bertz CT molecular complexity index is 746. The first-order valence-electron chi connectivity index (χ1n) is 9.22. The first kappa shape index (κ1) is 22.2. The predicted octanol–water partition coefficient (Wildman–Crippen LogP) is 0.955. The lowest BCUT2D eigenvalue weighted by atomic mass is 9.77. The Morgan fingerprint density at radius 3 is 2.61 bits per heavy atom. The third-order valence-electron chi connectivity index (χ3n) is 4.81. The average molecular weight is 397 g/mol. The maximum Gasteiger partial charge on any atom is 0.475 e. The van der Waals surface area contributed by atoms with Crippen LogP contribution in [0.2, 0.25) is 0 Å². The van der Waals surface area contributed by atoms with Crippen molar-refractivity contribution < 1.29 is 28.4 Å². The van der Waals surface area contributed by atoms with Crippen LogP contribution in [0.4, 0.5) is 8.78 Å². The van der Waals surface area contributed by atoms with E-state index in [0.29, 0.717) is 23.5 Å². The molecule has 0 unspecified atom stereocenters. The highest BCUT2D eigenvalue weighted by Crippen LogP contribution is 2.32. The maximum absolute atomic E-state index is 13.6. The topological polar surface area (TPSA) is 103 Å². The first-order chi connectivity index (χ1) is 12.9. The van der Waals surface area contributed by atoms with Gasteiger partial charge in [0.05, 0.1) is 12.5 Å². The number of rotatable bonds is 6. The number of amides is 2. The molecule has 2 heterocycles. The minimum Gasteiger partial charge on any atom is -0.426 e. The fourth-order valence-corrected chi connectivity index (χ4v) is 3.36. The summed E-state index contributed by atoms with van der Waals surface area (Å²) < 4.78 is 27.3. The second kappa shape index (κ2) is 8.52. The Hall–Kier alpha value is -2.07. The van der Waals surface area contributed by atoms with E-state index in [1.165, 1.54) is 19.2 Å². The van der Waals surface area contributed by atoms with E-state index in [2.05, 4.69) is 10.3 Å². The molecule has 1 aromatic heterocycles. The van der Waals surface area contributed by atoms with E-state index >= 15 is 0 Å². The zero-order valence-corrected chi connectivity index (χ0v) is 16.4. The molecule has 2 amide bonds. The third kappa shape index (κ3) is 5.05. The quantitative estimate of drug-likeness (QED) is 0.621. The molecular weight excluding hydrogens is 371 g/mol. The molecule has 3 N–H and O–H groups in total. The highest BCUT2D eigenvalue weighted by atomic mass is 19.3. The van der Waals surface area contributed by atoms with E-state index in [1.54, 1.807) is 6.92 Å². The molecule has 0 saturated carbocycles. The van der Waals surface area contributed by atoms with Gasteiger partial charge in [-0.25, -0.2) is 8.78 Å². The minimum atomic E-state index is -3.21. The monoisotopic (exact) mass is 397 g/mol. The summed E-state index contributed by atoms with van der Waals surface area (Å²) in [6.07, 6.45) is 1.38. The van der Waals surface area contributed by atoms with Gasteiger partial charge >= 0.3 is 7.12 Å². The fraction of sp³-hybridized carbons (Fsp3) is 0.611. The first-order valence-corrected chi connectivity index (χ1v) is 9.22. The lowest BCUT2D eigenvalue weighted by Gasteiger charge is -2.26. The molecule has 1 aliphatic heterocycles. The van der Waals surface area contributed by atoms with E-state index in [0.717, 1.165) is 10.6 Å². The van der Waals surface area contributed by atoms with Crippen molar-refractivity contribution in [3.63, 3.8) is 0 Å². The fourth-order valence-electron chi connectivity index (χ4n) is 3.36. The SMILES string of the molecule is Cc1c(C(=O)N[C@@H](C)C(=O)N2CC(F)(F)C[C@H]2B(O)O)ccnc1CC(C)C. The number of aromatic nitrogens is 1. The number of nitrogens with one attached hydrogen (secondary N) is 1. The van der Waals surface area contributed by atoms with Crippen LogP contribution in [-0.2, 0) is 11.2 Å². The van der Waals surface area contributed by atoms with Gasteiger partial charge in [-0.05, 0) is 37.8 Å². The highest BCUT2D eigenvalue weighted by Gasteiger charge is 2.51. The number of carbonyl (C=O) groups excluding carboxylic acids is 2. The van der Waals surface area contributed by atoms with Crippen molar-refractivity contribution in [3.8, 4) is 0 Å². The maximum atomic E-state index is 13.6. The number of hydrogen-bond acceptors (Lipinski definition) is 5. The van der Waals surface area contributed by atoms with Crippen LogP contribution in [0.25, 0.3) is 0 Å². The Morgan fingerprint density at radius 2 is 2.04 bits per heavy atom. The van der Waals surface area contributed by atoms with Crippen LogP contribution < -0.4 is 5.32 Å². The molecule has 154 valence electrons. The Morgan fingerprint density at radius 1 is 1.39 bits per heavy atom. The zero-order valence-electron chi connectivity index (χ0n) is 16.4. The molecule has 0 bridgehead atoms. The van der Waals surface area contributed by atoms with Gasteiger partial charge in [0, 0.05) is 23.9 Å².